The molecule has 0 aliphatic carbocycles. The highest BCUT2D eigenvalue weighted by Gasteiger charge is 2.03. The summed E-state index contributed by atoms with van der Waals surface area (Å²) in [5.74, 6) is 0. The van der Waals surface area contributed by atoms with Gasteiger partial charge in [0.25, 0.3) is 0 Å². The molecule has 0 unspecified atom stereocenters. The predicted molar refractivity (Wildman–Crippen MR) is 76.1 cm³/mol. The van der Waals surface area contributed by atoms with E-state index in [1.54, 1.807) is 6.07 Å². The van der Waals surface area contributed by atoms with Crippen LogP contribution in [0.1, 0.15) is 11.1 Å². The summed E-state index contributed by atoms with van der Waals surface area (Å²) in [6, 6.07) is 17.6. The molecule has 0 atom stereocenters. The number of rotatable bonds is 2. The van der Waals surface area contributed by atoms with E-state index >= 15 is 0 Å². The zero-order chi connectivity index (χ0) is 13.2. The first-order chi connectivity index (χ1) is 9.22. The Morgan fingerprint density at radius 3 is 2.53 bits per heavy atom. The molecule has 1 heterocycles. The van der Waals surface area contributed by atoms with Crippen molar-refractivity contribution in [3.8, 4) is 0 Å². The van der Waals surface area contributed by atoms with Gasteiger partial charge >= 0.3 is 5.63 Å². The predicted octanol–water partition coefficient (Wildman–Crippen LogP) is 2.97. The Balaban J connectivity index is 2.02. The number of hydrogen-bond acceptors (Lipinski definition) is 3. The van der Waals surface area contributed by atoms with Crippen molar-refractivity contribution in [3.05, 3.63) is 76.1 Å². The molecule has 94 valence electrons. The lowest BCUT2D eigenvalue weighted by molar-refractivity contribution is 0.564. The molecule has 0 aliphatic heterocycles. The van der Waals surface area contributed by atoms with Gasteiger partial charge in [-0.05, 0) is 29.7 Å². The largest absolute Gasteiger partial charge is 0.421 e. The van der Waals surface area contributed by atoms with Crippen LogP contribution in [0, 0.1) is 0 Å². The lowest BCUT2D eigenvalue weighted by atomic mass is 10.0. The molecule has 3 heteroatoms. The van der Waals surface area contributed by atoms with Crippen molar-refractivity contribution in [1.29, 1.82) is 0 Å². The van der Waals surface area contributed by atoms with E-state index in [1.165, 1.54) is 5.56 Å². The highest BCUT2D eigenvalue weighted by atomic mass is 16.4. The average molecular weight is 251 g/mol. The van der Waals surface area contributed by atoms with Gasteiger partial charge in [-0.3, -0.25) is 0 Å². The Labute approximate surface area is 110 Å². The fourth-order valence-electron chi connectivity index (χ4n) is 2.11. The Bertz CT molecular complexity index is 776. The summed E-state index contributed by atoms with van der Waals surface area (Å²) in [6.07, 6.45) is 0.810. The van der Waals surface area contributed by atoms with Gasteiger partial charge in [-0.25, -0.2) is 4.79 Å². The standard InChI is InChI=1S/C16H13NO2/c17-14-10-13-7-6-12(9-15(13)19-16(14)18)8-11-4-2-1-3-5-11/h1-7,9-10H,8,17H2. The van der Waals surface area contributed by atoms with Gasteiger partial charge < -0.3 is 10.2 Å². The Hall–Kier alpha value is -2.55. The number of nitrogens with two attached hydrogens (primary N) is 1. The Morgan fingerprint density at radius 2 is 1.74 bits per heavy atom. The summed E-state index contributed by atoms with van der Waals surface area (Å²) in [5, 5.41) is 0.842. The summed E-state index contributed by atoms with van der Waals surface area (Å²) < 4.78 is 5.19. The Morgan fingerprint density at radius 1 is 0.947 bits per heavy atom. The van der Waals surface area contributed by atoms with Gasteiger partial charge in [0.15, 0.2) is 0 Å². The highest BCUT2D eigenvalue weighted by Crippen LogP contribution is 2.18. The summed E-state index contributed by atoms with van der Waals surface area (Å²) in [5.41, 5.74) is 8.10. The highest BCUT2D eigenvalue weighted by molar-refractivity contribution is 5.79. The van der Waals surface area contributed by atoms with Crippen molar-refractivity contribution < 1.29 is 4.42 Å². The van der Waals surface area contributed by atoms with Gasteiger partial charge in [0.1, 0.15) is 11.3 Å². The maximum Gasteiger partial charge on any atom is 0.359 e. The maximum atomic E-state index is 11.4. The quantitative estimate of drug-likeness (QED) is 0.712. The van der Waals surface area contributed by atoms with Crippen LogP contribution in [0.2, 0.25) is 0 Å². The summed E-state index contributed by atoms with van der Waals surface area (Å²) in [4.78, 5) is 11.4. The van der Waals surface area contributed by atoms with E-state index in [0.29, 0.717) is 5.58 Å². The van der Waals surface area contributed by atoms with Crippen LogP contribution < -0.4 is 11.4 Å². The first-order valence-corrected chi connectivity index (χ1v) is 6.08. The van der Waals surface area contributed by atoms with Crippen LogP contribution in [0.5, 0.6) is 0 Å². The van der Waals surface area contributed by atoms with Gasteiger partial charge in [-0.15, -0.1) is 0 Å². The van der Waals surface area contributed by atoms with Crippen LogP contribution in [-0.2, 0) is 6.42 Å². The molecule has 1 aromatic heterocycles. The van der Waals surface area contributed by atoms with Crippen molar-refractivity contribution >= 4 is 16.7 Å². The molecule has 0 aliphatic rings. The molecule has 3 nitrogen and oxygen atoms in total. The van der Waals surface area contributed by atoms with Crippen LogP contribution in [-0.4, -0.2) is 0 Å². The summed E-state index contributed by atoms with van der Waals surface area (Å²) in [6.45, 7) is 0. The third kappa shape index (κ3) is 2.36. The van der Waals surface area contributed by atoms with E-state index in [2.05, 4.69) is 12.1 Å². The Kier molecular flexibility index (Phi) is 2.80. The lowest BCUT2D eigenvalue weighted by Gasteiger charge is -2.04. The molecule has 0 radical (unpaired) electrons. The average Bonchev–Trinajstić information content (AvgIpc) is 2.42. The zero-order valence-corrected chi connectivity index (χ0v) is 10.3. The number of fused-ring (bicyclic) bond motifs is 1. The summed E-state index contributed by atoms with van der Waals surface area (Å²) >= 11 is 0. The second kappa shape index (κ2) is 4.61. The van der Waals surface area contributed by atoms with Crippen molar-refractivity contribution in [3.63, 3.8) is 0 Å². The van der Waals surface area contributed by atoms with E-state index in [0.717, 1.165) is 17.4 Å². The van der Waals surface area contributed by atoms with Crippen molar-refractivity contribution in [1.82, 2.24) is 0 Å². The molecule has 0 fully saturated rings. The van der Waals surface area contributed by atoms with Crippen molar-refractivity contribution in [2.45, 2.75) is 6.42 Å². The number of benzene rings is 2. The van der Waals surface area contributed by atoms with Crippen LogP contribution >= 0.6 is 0 Å². The van der Waals surface area contributed by atoms with E-state index in [-0.39, 0.29) is 5.69 Å². The molecule has 0 bridgehead atoms. The van der Waals surface area contributed by atoms with Crippen LogP contribution in [0.3, 0.4) is 0 Å². The van der Waals surface area contributed by atoms with Gasteiger partial charge in [0.2, 0.25) is 0 Å². The zero-order valence-electron chi connectivity index (χ0n) is 10.3. The summed E-state index contributed by atoms with van der Waals surface area (Å²) in [7, 11) is 0. The molecule has 0 amide bonds. The first kappa shape index (κ1) is 11.5. The molecule has 3 rings (SSSR count). The van der Waals surface area contributed by atoms with E-state index in [9.17, 15) is 4.79 Å². The fourth-order valence-corrected chi connectivity index (χ4v) is 2.11. The van der Waals surface area contributed by atoms with Gasteiger partial charge in [0.05, 0.1) is 0 Å². The maximum absolute atomic E-state index is 11.4. The van der Waals surface area contributed by atoms with Crippen LogP contribution in [0.15, 0.2) is 63.8 Å². The minimum absolute atomic E-state index is 0.142. The number of hydrogen-bond donors (Lipinski definition) is 1. The second-order valence-corrected chi connectivity index (χ2v) is 4.52. The molecule has 0 saturated carbocycles. The normalized spacial score (nSPS) is 10.7. The van der Waals surface area contributed by atoms with Crippen molar-refractivity contribution in [2.24, 2.45) is 0 Å². The van der Waals surface area contributed by atoms with Gasteiger partial charge in [-0.2, -0.15) is 0 Å². The SMILES string of the molecule is Nc1cc2ccc(Cc3ccccc3)cc2oc1=O. The molecular weight excluding hydrogens is 238 g/mol. The monoisotopic (exact) mass is 251 g/mol. The second-order valence-electron chi connectivity index (χ2n) is 4.52. The minimum Gasteiger partial charge on any atom is -0.421 e. The lowest BCUT2D eigenvalue weighted by Crippen LogP contribution is -2.05. The first-order valence-electron chi connectivity index (χ1n) is 6.08. The van der Waals surface area contributed by atoms with E-state index in [1.807, 2.05) is 36.4 Å². The molecule has 3 aromatic rings. The van der Waals surface area contributed by atoms with E-state index < -0.39 is 5.63 Å². The topological polar surface area (TPSA) is 56.2 Å². The fraction of sp³-hybridized carbons (Fsp3) is 0.0625. The van der Waals surface area contributed by atoms with Gasteiger partial charge in [-0.1, -0.05) is 42.5 Å². The molecule has 2 N–H and O–H groups in total. The number of anilines is 1. The molecule has 0 spiro atoms. The molecule has 19 heavy (non-hydrogen) atoms. The van der Waals surface area contributed by atoms with Crippen LogP contribution in [0.25, 0.3) is 11.0 Å². The third-order valence-corrected chi connectivity index (χ3v) is 3.08. The minimum atomic E-state index is -0.482. The van der Waals surface area contributed by atoms with Gasteiger partial charge in [0, 0.05) is 5.39 Å². The van der Waals surface area contributed by atoms with Crippen molar-refractivity contribution in [2.75, 3.05) is 5.73 Å². The van der Waals surface area contributed by atoms with E-state index in [4.69, 9.17) is 10.2 Å². The molecule has 0 saturated heterocycles. The van der Waals surface area contributed by atoms with Crippen LogP contribution in [0.4, 0.5) is 5.69 Å². The number of nitrogen functional groups attached to an aromatic ring is 1. The third-order valence-electron chi connectivity index (χ3n) is 3.08. The molecule has 2 aromatic carbocycles. The molecular formula is C16H13NO2. The smallest absolute Gasteiger partial charge is 0.359 e.